The van der Waals surface area contributed by atoms with Crippen LogP contribution < -0.4 is 10.9 Å². The zero-order valence-corrected chi connectivity index (χ0v) is 15.6. The number of carbonyl (C=O) groups excluding carboxylic acids is 1. The number of nitrogens with one attached hydrogen (secondary N) is 1. The average molecular weight is 366 g/mol. The number of amides is 1. The lowest BCUT2D eigenvalue weighted by Gasteiger charge is -2.08. The van der Waals surface area contributed by atoms with Gasteiger partial charge in [0.1, 0.15) is 6.54 Å². The van der Waals surface area contributed by atoms with Crippen LogP contribution in [0, 0.1) is 6.92 Å². The van der Waals surface area contributed by atoms with E-state index >= 15 is 0 Å². The first kappa shape index (κ1) is 18.6. The minimum Gasteiger partial charge on any atom is -0.420 e. The molecule has 0 spiro atoms. The Morgan fingerprint density at radius 1 is 1.15 bits per heavy atom. The predicted molar refractivity (Wildman–Crippen MR) is 101 cm³/mol. The number of nitrogens with zero attached hydrogens (tertiary/aromatic N) is 3. The molecule has 2 heterocycles. The van der Waals surface area contributed by atoms with Gasteiger partial charge in [-0.25, -0.2) is 0 Å². The molecule has 0 aliphatic carbocycles. The lowest BCUT2D eigenvalue weighted by molar-refractivity contribution is -0.121. The minimum atomic E-state index is -0.271. The second-order valence-corrected chi connectivity index (χ2v) is 6.75. The van der Waals surface area contributed by atoms with E-state index in [1.807, 2.05) is 45.0 Å². The summed E-state index contributed by atoms with van der Waals surface area (Å²) in [5.41, 5.74) is 2.49. The van der Waals surface area contributed by atoms with Crippen molar-refractivity contribution in [2.24, 2.45) is 0 Å². The van der Waals surface area contributed by atoms with Crippen LogP contribution in [0.15, 0.2) is 51.8 Å². The molecule has 0 bridgehead atoms. The van der Waals surface area contributed by atoms with Gasteiger partial charge in [-0.05, 0) is 18.6 Å². The second-order valence-electron chi connectivity index (χ2n) is 6.75. The smallest absolute Gasteiger partial charge is 0.251 e. The number of rotatable bonds is 6. The summed E-state index contributed by atoms with van der Waals surface area (Å²) in [5.74, 6) is 0.721. The van der Waals surface area contributed by atoms with Gasteiger partial charge in [0.05, 0.1) is 5.56 Å². The monoisotopic (exact) mass is 366 g/mol. The normalized spacial score (nSPS) is 11.0. The Hall–Kier alpha value is -3.22. The third kappa shape index (κ3) is 4.69. The van der Waals surface area contributed by atoms with Gasteiger partial charge in [0, 0.05) is 24.7 Å². The predicted octanol–water partition coefficient (Wildman–Crippen LogP) is 2.65. The van der Waals surface area contributed by atoms with Crippen molar-refractivity contribution in [1.82, 2.24) is 20.1 Å². The molecular weight excluding hydrogens is 344 g/mol. The van der Waals surface area contributed by atoms with Crippen molar-refractivity contribution in [2.45, 2.75) is 39.8 Å². The maximum Gasteiger partial charge on any atom is 0.251 e. The molecule has 0 atom stereocenters. The van der Waals surface area contributed by atoms with Crippen LogP contribution in [0.5, 0.6) is 0 Å². The van der Waals surface area contributed by atoms with Gasteiger partial charge in [-0.2, -0.15) is 0 Å². The molecule has 1 aromatic carbocycles. The Morgan fingerprint density at radius 3 is 2.56 bits per heavy atom. The van der Waals surface area contributed by atoms with E-state index in [9.17, 15) is 9.59 Å². The van der Waals surface area contributed by atoms with E-state index in [0.717, 1.165) is 11.1 Å². The van der Waals surface area contributed by atoms with Crippen molar-refractivity contribution in [3.8, 4) is 11.5 Å². The van der Waals surface area contributed by atoms with Gasteiger partial charge in [0.2, 0.25) is 17.7 Å². The fraction of sp³-hybridized carbons (Fsp3) is 0.300. The Balaban J connectivity index is 1.69. The number of aryl methyl sites for hydroxylation is 1. The minimum absolute atomic E-state index is 0.0797. The van der Waals surface area contributed by atoms with E-state index in [4.69, 9.17) is 4.42 Å². The molecule has 27 heavy (non-hydrogen) atoms. The lowest BCUT2D eigenvalue weighted by Crippen LogP contribution is -2.31. The highest BCUT2D eigenvalue weighted by molar-refractivity contribution is 5.75. The summed E-state index contributed by atoms with van der Waals surface area (Å²) >= 11 is 0. The van der Waals surface area contributed by atoms with Crippen LogP contribution >= 0.6 is 0 Å². The Morgan fingerprint density at radius 2 is 1.89 bits per heavy atom. The van der Waals surface area contributed by atoms with Crippen molar-refractivity contribution >= 4 is 5.91 Å². The fourth-order valence-corrected chi connectivity index (χ4v) is 2.48. The molecule has 0 aliphatic heterocycles. The Kier molecular flexibility index (Phi) is 5.49. The third-order valence-electron chi connectivity index (χ3n) is 4.09. The van der Waals surface area contributed by atoms with Gasteiger partial charge in [-0.1, -0.05) is 43.7 Å². The summed E-state index contributed by atoms with van der Waals surface area (Å²) in [6.07, 6.45) is 1.56. The Labute approximate surface area is 157 Å². The molecule has 1 N–H and O–H groups in total. The summed E-state index contributed by atoms with van der Waals surface area (Å²) < 4.78 is 6.94. The largest absolute Gasteiger partial charge is 0.420 e. The summed E-state index contributed by atoms with van der Waals surface area (Å²) in [5, 5.41) is 10.8. The van der Waals surface area contributed by atoms with E-state index in [2.05, 4.69) is 15.5 Å². The van der Waals surface area contributed by atoms with E-state index in [1.54, 1.807) is 12.3 Å². The van der Waals surface area contributed by atoms with E-state index in [-0.39, 0.29) is 23.9 Å². The highest BCUT2D eigenvalue weighted by Gasteiger charge is 2.13. The topological polar surface area (TPSA) is 90.0 Å². The number of carbonyl (C=O) groups is 1. The van der Waals surface area contributed by atoms with Crippen LogP contribution in [0.2, 0.25) is 0 Å². The molecule has 140 valence electrons. The van der Waals surface area contributed by atoms with E-state index < -0.39 is 0 Å². The quantitative estimate of drug-likeness (QED) is 0.724. The van der Waals surface area contributed by atoms with Gasteiger partial charge < -0.3 is 14.3 Å². The number of aromatic nitrogens is 3. The van der Waals surface area contributed by atoms with Gasteiger partial charge in [-0.3, -0.25) is 9.59 Å². The average Bonchev–Trinajstić information content (AvgIpc) is 3.13. The molecule has 7 heteroatoms. The molecule has 0 unspecified atom stereocenters. The molecule has 0 aliphatic rings. The number of pyridine rings is 1. The Bertz CT molecular complexity index is 987. The number of hydrogen-bond acceptors (Lipinski definition) is 5. The molecule has 3 aromatic rings. The SMILES string of the molecule is Cc1ccc(CNC(=O)Cn2cc(-c3nnc(C(C)C)o3)ccc2=O)cc1. The molecule has 0 radical (unpaired) electrons. The summed E-state index contributed by atoms with van der Waals surface area (Å²) in [6, 6.07) is 10.9. The van der Waals surface area contributed by atoms with Crippen molar-refractivity contribution < 1.29 is 9.21 Å². The molecule has 0 fully saturated rings. The van der Waals surface area contributed by atoms with Gasteiger partial charge >= 0.3 is 0 Å². The van der Waals surface area contributed by atoms with Gasteiger partial charge in [0.15, 0.2) is 0 Å². The first-order chi connectivity index (χ1) is 12.9. The standard InChI is InChI=1S/C20H22N4O3/c1-13(2)19-22-23-20(27-19)16-8-9-18(26)24(11-16)12-17(25)21-10-15-6-4-14(3)5-7-15/h4-9,11,13H,10,12H2,1-3H3,(H,21,25). The first-order valence-corrected chi connectivity index (χ1v) is 8.79. The first-order valence-electron chi connectivity index (χ1n) is 8.79. The van der Waals surface area contributed by atoms with Crippen LogP contribution in [0.4, 0.5) is 0 Å². The summed E-state index contributed by atoms with van der Waals surface area (Å²) in [6.45, 7) is 6.25. The highest BCUT2D eigenvalue weighted by atomic mass is 16.4. The molecule has 3 rings (SSSR count). The summed E-state index contributed by atoms with van der Waals surface area (Å²) in [4.78, 5) is 24.3. The zero-order valence-electron chi connectivity index (χ0n) is 15.6. The highest BCUT2D eigenvalue weighted by Crippen LogP contribution is 2.20. The number of hydrogen-bond donors (Lipinski definition) is 1. The third-order valence-corrected chi connectivity index (χ3v) is 4.09. The van der Waals surface area contributed by atoms with Crippen molar-refractivity contribution in [3.05, 3.63) is 70.0 Å². The fourth-order valence-electron chi connectivity index (χ4n) is 2.48. The summed E-state index contributed by atoms with van der Waals surface area (Å²) in [7, 11) is 0. The van der Waals surface area contributed by atoms with Crippen LogP contribution in [-0.4, -0.2) is 20.7 Å². The van der Waals surface area contributed by atoms with Crippen LogP contribution in [-0.2, 0) is 17.9 Å². The van der Waals surface area contributed by atoms with Crippen LogP contribution in [0.3, 0.4) is 0 Å². The molecule has 0 saturated carbocycles. The van der Waals surface area contributed by atoms with E-state index in [1.165, 1.54) is 10.6 Å². The molecule has 7 nitrogen and oxygen atoms in total. The van der Waals surface area contributed by atoms with Gasteiger partial charge in [0.25, 0.3) is 5.56 Å². The van der Waals surface area contributed by atoms with Crippen molar-refractivity contribution in [2.75, 3.05) is 0 Å². The molecule has 2 aromatic heterocycles. The molecule has 0 saturated heterocycles. The zero-order chi connectivity index (χ0) is 19.4. The molecule has 1 amide bonds. The second kappa shape index (κ2) is 7.99. The lowest BCUT2D eigenvalue weighted by atomic mass is 10.1. The maximum absolute atomic E-state index is 12.2. The molecular formula is C20H22N4O3. The number of benzene rings is 1. The maximum atomic E-state index is 12.2. The van der Waals surface area contributed by atoms with E-state index in [0.29, 0.717) is 23.9 Å². The van der Waals surface area contributed by atoms with Crippen LogP contribution in [0.25, 0.3) is 11.5 Å². The van der Waals surface area contributed by atoms with Crippen LogP contribution in [0.1, 0.15) is 36.8 Å². The van der Waals surface area contributed by atoms with Gasteiger partial charge in [-0.15, -0.1) is 10.2 Å². The van der Waals surface area contributed by atoms with Crippen molar-refractivity contribution in [3.63, 3.8) is 0 Å². The van der Waals surface area contributed by atoms with Crippen molar-refractivity contribution in [1.29, 1.82) is 0 Å².